The van der Waals surface area contributed by atoms with Crippen molar-refractivity contribution in [1.82, 2.24) is 9.97 Å². The Morgan fingerprint density at radius 1 is 1.08 bits per heavy atom. The Balaban J connectivity index is 1.81. The number of nitrogens with zero attached hydrogens (tertiary/aromatic N) is 2. The molecule has 3 aromatic rings. The molecule has 0 aliphatic carbocycles. The van der Waals surface area contributed by atoms with Gasteiger partial charge in [0.2, 0.25) is 0 Å². The van der Waals surface area contributed by atoms with Gasteiger partial charge in [0.15, 0.2) is 0 Å². The molecule has 0 radical (unpaired) electrons. The second-order valence-corrected chi connectivity index (χ2v) is 5.96. The molecule has 6 nitrogen and oxygen atoms in total. The second-order valence-electron chi connectivity index (χ2n) is 5.53. The lowest BCUT2D eigenvalue weighted by Crippen LogP contribution is -2.15. The van der Waals surface area contributed by atoms with Crippen LogP contribution in [0.1, 0.15) is 16.1 Å². The van der Waals surface area contributed by atoms with Crippen molar-refractivity contribution in [2.75, 3.05) is 17.7 Å². The number of hydrogen-bond acceptors (Lipinski definition) is 5. The van der Waals surface area contributed by atoms with Gasteiger partial charge in [0, 0.05) is 16.8 Å². The molecule has 0 saturated carbocycles. The zero-order valence-corrected chi connectivity index (χ0v) is 15.0. The van der Waals surface area contributed by atoms with E-state index < -0.39 is 0 Å². The molecule has 3 rings (SSSR count). The number of para-hydroxylation sites is 1. The summed E-state index contributed by atoms with van der Waals surface area (Å²) in [4.78, 5) is 20.7. The molecule has 0 aliphatic rings. The number of aryl methyl sites for hydroxylation is 1. The Kier molecular flexibility index (Phi) is 5.34. The van der Waals surface area contributed by atoms with E-state index in [4.69, 9.17) is 16.3 Å². The second kappa shape index (κ2) is 7.84. The quantitative estimate of drug-likeness (QED) is 0.696. The first-order chi connectivity index (χ1) is 12.6. The van der Waals surface area contributed by atoms with Gasteiger partial charge in [-0.2, -0.15) is 0 Å². The molecule has 1 aromatic heterocycles. The van der Waals surface area contributed by atoms with Crippen molar-refractivity contribution < 1.29 is 9.53 Å². The number of methoxy groups -OCH3 is 1. The van der Waals surface area contributed by atoms with E-state index in [9.17, 15) is 4.79 Å². The molecule has 0 aliphatic heterocycles. The van der Waals surface area contributed by atoms with Crippen molar-refractivity contribution in [1.29, 1.82) is 0 Å². The third-order valence-electron chi connectivity index (χ3n) is 3.72. The molecule has 7 heteroatoms. The first kappa shape index (κ1) is 17.7. The molecule has 0 fully saturated rings. The number of ether oxygens (including phenoxy) is 1. The smallest absolute Gasteiger partial charge is 0.274 e. The van der Waals surface area contributed by atoms with Gasteiger partial charge in [0.05, 0.1) is 12.8 Å². The summed E-state index contributed by atoms with van der Waals surface area (Å²) in [5, 5.41) is 6.43. The number of halogens is 1. The van der Waals surface area contributed by atoms with Crippen LogP contribution in [0.25, 0.3) is 0 Å². The molecule has 1 heterocycles. The van der Waals surface area contributed by atoms with Crippen molar-refractivity contribution in [3.63, 3.8) is 0 Å². The minimum Gasteiger partial charge on any atom is -0.495 e. The first-order valence-electron chi connectivity index (χ1n) is 7.86. The van der Waals surface area contributed by atoms with Crippen molar-refractivity contribution in [3.8, 4) is 5.75 Å². The van der Waals surface area contributed by atoms with Crippen LogP contribution in [0, 0.1) is 6.92 Å². The average Bonchev–Trinajstić information content (AvgIpc) is 2.64. The van der Waals surface area contributed by atoms with Gasteiger partial charge in [-0.1, -0.05) is 29.8 Å². The number of benzene rings is 2. The van der Waals surface area contributed by atoms with Crippen LogP contribution in [0.4, 0.5) is 17.2 Å². The van der Waals surface area contributed by atoms with E-state index in [0.717, 1.165) is 11.3 Å². The summed E-state index contributed by atoms with van der Waals surface area (Å²) in [6, 6.07) is 14.4. The zero-order valence-electron chi connectivity index (χ0n) is 14.3. The van der Waals surface area contributed by atoms with Gasteiger partial charge >= 0.3 is 0 Å². The van der Waals surface area contributed by atoms with Gasteiger partial charge in [-0.25, -0.2) is 9.97 Å². The molecule has 0 saturated heterocycles. The highest BCUT2D eigenvalue weighted by Gasteiger charge is 2.13. The van der Waals surface area contributed by atoms with Gasteiger partial charge in [-0.3, -0.25) is 4.79 Å². The first-order valence-corrected chi connectivity index (χ1v) is 8.24. The lowest BCUT2D eigenvalue weighted by Gasteiger charge is -2.11. The number of carbonyl (C=O) groups is 1. The molecule has 26 heavy (non-hydrogen) atoms. The largest absolute Gasteiger partial charge is 0.495 e. The summed E-state index contributed by atoms with van der Waals surface area (Å²) < 4.78 is 5.23. The number of hydrogen-bond donors (Lipinski definition) is 2. The topological polar surface area (TPSA) is 76.1 Å². The molecular weight excluding hydrogens is 352 g/mol. The number of anilines is 3. The fraction of sp³-hybridized carbons (Fsp3) is 0.105. The van der Waals surface area contributed by atoms with Crippen LogP contribution < -0.4 is 15.4 Å². The third-order valence-corrected chi connectivity index (χ3v) is 3.95. The minimum atomic E-state index is -0.388. The molecule has 2 aromatic carbocycles. The summed E-state index contributed by atoms with van der Waals surface area (Å²) in [5.41, 5.74) is 2.67. The maximum Gasteiger partial charge on any atom is 0.274 e. The van der Waals surface area contributed by atoms with Gasteiger partial charge in [-0.15, -0.1) is 0 Å². The third kappa shape index (κ3) is 4.10. The summed E-state index contributed by atoms with van der Waals surface area (Å²) in [6.45, 7) is 1.99. The van der Waals surface area contributed by atoms with E-state index in [-0.39, 0.29) is 11.6 Å². The van der Waals surface area contributed by atoms with Crippen LogP contribution >= 0.6 is 11.6 Å². The van der Waals surface area contributed by atoms with E-state index in [1.54, 1.807) is 24.3 Å². The van der Waals surface area contributed by atoms with Gasteiger partial charge in [-0.05, 0) is 36.8 Å². The maximum atomic E-state index is 12.5. The molecule has 2 N–H and O–H groups in total. The van der Waals surface area contributed by atoms with Crippen LogP contribution in [0.15, 0.2) is 54.9 Å². The molecule has 0 unspecified atom stereocenters. The minimum absolute atomic E-state index is 0.220. The monoisotopic (exact) mass is 368 g/mol. The van der Waals surface area contributed by atoms with E-state index in [1.165, 1.54) is 13.4 Å². The molecule has 0 bridgehead atoms. The number of nitrogens with one attached hydrogen (secondary N) is 2. The van der Waals surface area contributed by atoms with Crippen molar-refractivity contribution in [2.24, 2.45) is 0 Å². The summed E-state index contributed by atoms with van der Waals surface area (Å²) in [6.07, 6.45) is 1.34. The Morgan fingerprint density at radius 2 is 1.88 bits per heavy atom. The molecule has 0 atom stereocenters. The summed E-state index contributed by atoms with van der Waals surface area (Å²) in [7, 11) is 1.52. The van der Waals surface area contributed by atoms with E-state index in [1.807, 2.05) is 31.2 Å². The summed E-state index contributed by atoms with van der Waals surface area (Å²) in [5.74, 6) is 0.647. The van der Waals surface area contributed by atoms with Gasteiger partial charge in [0.25, 0.3) is 5.91 Å². The maximum absolute atomic E-state index is 12.5. The Labute approximate surface area is 156 Å². The van der Waals surface area contributed by atoms with E-state index in [0.29, 0.717) is 22.3 Å². The molecule has 132 valence electrons. The lowest BCUT2D eigenvalue weighted by atomic mass is 10.2. The molecular formula is C19H17ClN4O2. The predicted octanol–water partition coefficient (Wildman–Crippen LogP) is 4.44. The molecule has 0 spiro atoms. The predicted molar refractivity (Wildman–Crippen MR) is 102 cm³/mol. The summed E-state index contributed by atoms with van der Waals surface area (Å²) >= 11 is 5.99. The Hall–Kier alpha value is -3.12. The van der Waals surface area contributed by atoms with Crippen LogP contribution in [-0.4, -0.2) is 23.0 Å². The fourth-order valence-electron chi connectivity index (χ4n) is 2.37. The van der Waals surface area contributed by atoms with Crippen LogP contribution in [0.3, 0.4) is 0 Å². The van der Waals surface area contributed by atoms with Crippen molar-refractivity contribution in [2.45, 2.75) is 6.92 Å². The Bertz CT molecular complexity index is 946. The number of carbonyl (C=O) groups excluding carboxylic acids is 1. The fourth-order valence-corrected chi connectivity index (χ4v) is 2.54. The van der Waals surface area contributed by atoms with E-state index >= 15 is 0 Å². The number of aromatic nitrogens is 2. The average molecular weight is 369 g/mol. The SMILES string of the molecule is COc1ccc(Cl)cc1NC(=O)c1cc(Nc2ccccc2C)ncn1. The van der Waals surface area contributed by atoms with Crippen molar-refractivity contribution in [3.05, 3.63) is 71.1 Å². The highest BCUT2D eigenvalue weighted by molar-refractivity contribution is 6.31. The number of rotatable bonds is 5. The van der Waals surface area contributed by atoms with Gasteiger partial charge in [0.1, 0.15) is 23.6 Å². The van der Waals surface area contributed by atoms with Crippen LogP contribution in [0.2, 0.25) is 5.02 Å². The van der Waals surface area contributed by atoms with Crippen LogP contribution in [0.5, 0.6) is 5.75 Å². The standard InChI is InChI=1S/C19H17ClN4O2/c1-12-5-3-4-6-14(12)23-18-10-16(21-11-22-18)19(25)24-15-9-13(20)7-8-17(15)26-2/h3-11H,1-2H3,(H,24,25)(H,21,22,23). The van der Waals surface area contributed by atoms with Crippen molar-refractivity contribution >= 4 is 34.7 Å². The lowest BCUT2D eigenvalue weighted by molar-refractivity contribution is 0.102. The Morgan fingerprint density at radius 3 is 2.65 bits per heavy atom. The van der Waals surface area contributed by atoms with E-state index in [2.05, 4.69) is 20.6 Å². The normalized spacial score (nSPS) is 10.3. The highest BCUT2D eigenvalue weighted by atomic mass is 35.5. The zero-order chi connectivity index (χ0) is 18.5. The highest BCUT2D eigenvalue weighted by Crippen LogP contribution is 2.28. The van der Waals surface area contributed by atoms with Crippen LogP contribution in [-0.2, 0) is 0 Å². The number of amides is 1. The molecule has 1 amide bonds. The van der Waals surface area contributed by atoms with Gasteiger partial charge < -0.3 is 15.4 Å².